The van der Waals surface area contributed by atoms with Crippen LogP contribution in [0.1, 0.15) is 25.0 Å². The Morgan fingerprint density at radius 2 is 1.65 bits per heavy atom. The maximum Gasteiger partial charge on any atom is 0.142 e. The van der Waals surface area contributed by atoms with Gasteiger partial charge in [0.1, 0.15) is 17.6 Å². The molecule has 3 heteroatoms. The van der Waals surface area contributed by atoms with Gasteiger partial charge < -0.3 is 15.2 Å². The fraction of sp³-hybridized carbons (Fsp3) is 0.294. The number of methoxy groups -OCH3 is 1. The molecule has 0 aliphatic heterocycles. The molecule has 0 aliphatic carbocycles. The Bertz CT molecular complexity index is 528. The van der Waals surface area contributed by atoms with Crippen LogP contribution in [0.25, 0.3) is 0 Å². The molecule has 2 atom stereocenters. The van der Waals surface area contributed by atoms with Crippen LogP contribution in [0.15, 0.2) is 54.6 Å². The van der Waals surface area contributed by atoms with Crippen molar-refractivity contribution < 1.29 is 9.47 Å². The van der Waals surface area contributed by atoms with Gasteiger partial charge in [0.25, 0.3) is 0 Å². The van der Waals surface area contributed by atoms with Crippen molar-refractivity contribution in [1.82, 2.24) is 0 Å². The van der Waals surface area contributed by atoms with Crippen molar-refractivity contribution in [3.05, 3.63) is 60.2 Å². The molecule has 0 spiro atoms. The molecule has 2 N–H and O–H groups in total. The fourth-order valence-corrected chi connectivity index (χ4v) is 2.14. The molecule has 2 aromatic carbocycles. The summed E-state index contributed by atoms with van der Waals surface area (Å²) in [6.07, 6.45) is 0.605. The SMILES string of the molecule is CCC(N)C(Oc1ccccc1)c1ccccc1OC. The second kappa shape index (κ2) is 6.96. The van der Waals surface area contributed by atoms with Gasteiger partial charge >= 0.3 is 0 Å². The molecule has 0 radical (unpaired) electrons. The van der Waals surface area contributed by atoms with Gasteiger partial charge in [-0.2, -0.15) is 0 Å². The van der Waals surface area contributed by atoms with E-state index < -0.39 is 0 Å². The molecule has 2 unspecified atom stereocenters. The van der Waals surface area contributed by atoms with E-state index in [9.17, 15) is 0 Å². The zero-order valence-corrected chi connectivity index (χ0v) is 12.0. The monoisotopic (exact) mass is 271 g/mol. The number of para-hydroxylation sites is 2. The number of ether oxygens (including phenoxy) is 2. The molecule has 0 amide bonds. The third-order valence-electron chi connectivity index (χ3n) is 3.31. The van der Waals surface area contributed by atoms with Gasteiger partial charge in [-0.1, -0.05) is 43.3 Å². The van der Waals surface area contributed by atoms with E-state index in [4.69, 9.17) is 15.2 Å². The van der Waals surface area contributed by atoms with Crippen LogP contribution in [0.3, 0.4) is 0 Å². The van der Waals surface area contributed by atoms with E-state index in [1.165, 1.54) is 0 Å². The Hall–Kier alpha value is -2.00. The second-order valence-electron chi connectivity index (χ2n) is 4.67. The third-order valence-corrected chi connectivity index (χ3v) is 3.31. The third kappa shape index (κ3) is 3.31. The van der Waals surface area contributed by atoms with E-state index in [0.29, 0.717) is 0 Å². The van der Waals surface area contributed by atoms with E-state index in [0.717, 1.165) is 23.5 Å². The van der Waals surface area contributed by atoms with Crippen molar-refractivity contribution in [2.75, 3.05) is 7.11 Å². The number of nitrogens with two attached hydrogens (primary N) is 1. The lowest BCUT2D eigenvalue weighted by Gasteiger charge is -2.26. The minimum Gasteiger partial charge on any atom is -0.496 e. The van der Waals surface area contributed by atoms with E-state index >= 15 is 0 Å². The first kappa shape index (κ1) is 14.4. The highest BCUT2D eigenvalue weighted by Crippen LogP contribution is 2.31. The molecule has 2 aromatic rings. The van der Waals surface area contributed by atoms with Crippen molar-refractivity contribution in [3.8, 4) is 11.5 Å². The summed E-state index contributed by atoms with van der Waals surface area (Å²) in [4.78, 5) is 0. The van der Waals surface area contributed by atoms with E-state index in [-0.39, 0.29) is 12.1 Å². The van der Waals surface area contributed by atoms with Crippen molar-refractivity contribution in [3.63, 3.8) is 0 Å². The lowest BCUT2D eigenvalue weighted by atomic mass is 10.00. The molecule has 3 nitrogen and oxygen atoms in total. The highest BCUT2D eigenvalue weighted by Gasteiger charge is 2.23. The second-order valence-corrected chi connectivity index (χ2v) is 4.67. The summed E-state index contributed by atoms with van der Waals surface area (Å²) in [5.41, 5.74) is 7.22. The van der Waals surface area contributed by atoms with Crippen molar-refractivity contribution in [2.45, 2.75) is 25.5 Å². The number of hydrogen-bond acceptors (Lipinski definition) is 3. The molecular weight excluding hydrogens is 250 g/mol. The summed E-state index contributed by atoms with van der Waals surface area (Å²) in [5.74, 6) is 1.62. The van der Waals surface area contributed by atoms with Crippen LogP contribution in [-0.2, 0) is 0 Å². The van der Waals surface area contributed by atoms with E-state index in [1.54, 1.807) is 7.11 Å². The maximum atomic E-state index is 6.24. The van der Waals surface area contributed by atoms with Crippen molar-refractivity contribution in [2.24, 2.45) is 5.73 Å². The minimum absolute atomic E-state index is 0.0912. The predicted molar refractivity (Wildman–Crippen MR) is 81.1 cm³/mol. The summed E-state index contributed by atoms with van der Waals surface area (Å²) in [5, 5.41) is 0. The van der Waals surface area contributed by atoms with E-state index in [1.807, 2.05) is 54.6 Å². The summed E-state index contributed by atoms with van der Waals surface area (Å²) in [6, 6.07) is 17.5. The predicted octanol–water partition coefficient (Wildman–Crippen LogP) is 3.55. The minimum atomic E-state index is -0.224. The van der Waals surface area contributed by atoms with Crippen LogP contribution in [-0.4, -0.2) is 13.2 Å². The topological polar surface area (TPSA) is 44.5 Å². The zero-order chi connectivity index (χ0) is 14.4. The number of hydrogen-bond donors (Lipinski definition) is 1. The Kier molecular flexibility index (Phi) is 5.02. The average molecular weight is 271 g/mol. The lowest BCUT2D eigenvalue weighted by molar-refractivity contribution is 0.167. The molecule has 0 heterocycles. The molecule has 0 bridgehead atoms. The summed E-state index contributed by atoms with van der Waals surface area (Å²) >= 11 is 0. The molecular formula is C17H21NO2. The quantitative estimate of drug-likeness (QED) is 0.873. The standard InChI is InChI=1S/C17H21NO2/c1-3-15(18)17(20-13-9-5-4-6-10-13)14-11-7-8-12-16(14)19-2/h4-12,15,17H,3,18H2,1-2H3. The van der Waals surface area contributed by atoms with Gasteiger partial charge in [-0.05, 0) is 24.6 Å². The number of benzene rings is 2. The zero-order valence-electron chi connectivity index (χ0n) is 12.0. The maximum absolute atomic E-state index is 6.24. The highest BCUT2D eigenvalue weighted by atomic mass is 16.5. The molecule has 106 valence electrons. The first-order valence-corrected chi connectivity index (χ1v) is 6.86. The van der Waals surface area contributed by atoms with Crippen molar-refractivity contribution in [1.29, 1.82) is 0 Å². The van der Waals surface area contributed by atoms with Gasteiger partial charge in [-0.3, -0.25) is 0 Å². The van der Waals surface area contributed by atoms with Gasteiger partial charge in [0, 0.05) is 11.6 Å². The highest BCUT2D eigenvalue weighted by molar-refractivity contribution is 5.37. The van der Waals surface area contributed by atoms with Gasteiger partial charge in [0.2, 0.25) is 0 Å². The Balaban J connectivity index is 2.32. The molecule has 0 saturated heterocycles. The summed E-state index contributed by atoms with van der Waals surface area (Å²) in [7, 11) is 1.66. The van der Waals surface area contributed by atoms with Gasteiger partial charge in [-0.15, -0.1) is 0 Å². The summed E-state index contributed by atoms with van der Waals surface area (Å²) < 4.78 is 11.5. The first-order valence-electron chi connectivity index (χ1n) is 6.86. The number of rotatable bonds is 6. The molecule has 20 heavy (non-hydrogen) atoms. The van der Waals surface area contributed by atoms with Crippen LogP contribution in [0.4, 0.5) is 0 Å². The van der Waals surface area contributed by atoms with Gasteiger partial charge in [0.15, 0.2) is 0 Å². The molecule has 2 rings (SSSR count). The Morgan fingerprint density at radius 1 is 1.00 bits per heavy atom. The van der Waals surface area contributed by atoms with Crippen LogP contribution in [0, 0.1) is 0 Å². The normalized spacial score (nSPS) is 13.6. The summed E-state index contributed by atoms with van der Waals surface area (Å²) in [6.45, 7) is 2.06. The van der Waals surface area contributed by atoms with Crippen molar-refractivity contribution >= 4 is 0 Å². The largest absolute Gasteiger partial charge is 0.496 e. The van der Waals surface area contributed by atoms with Crippen LogP contribution >= 0.6 is 0 Å². The van der Waals surface area contributed by atoms with Gasteiger partial charge in [-0.25, -0.2) is 0 Å². The molecule has 0 saturated carbocycles. The smallest absolute Gasteiger partial charge is 0.142 e. The van der Waals surface area contributed by atoms with Crippen LogP contribution < -0.4 is 15.2 Å². The van der Waals surface area contributed by atoms with Gasteiger partial charge in [0.05, 0.1) is 7.11 Å². The lowest BCUT2D eigenvalue weighted by Crippen LogP contribution is -2.31. The van der Waals surface area contributed by atoms with Crippen LogP contribution in [0.5, 0.6) is 11.5 Å². The van der Waals surface area contributed by atoms with E-state index in [2.05, 4.69) is 6.92 Å². The fourth-order valence-electron chi connectivity index (χ4n) is 2.14. The van der Waals surface area contributed by atoms with Crippen LogP contribution in [0.2, 0.25) is 0 Å². The molecule has 0 aromatic heterocycles. The molecule has 0 fully saturated rings. The first-order chi connectivity index (χ1) is 9.76. The Morgan fingerprint density at radius 3 is 2.30 bits per heavy atom. The average Bonchev–Trinajstić information content (AvgIpc) is 2.53. The molecule has 0 aliphatic rings. The Labute approximate surface area is 120 Å².